The summed E-state index contributed by atoms with van der Waals surface area (Å²) in [7, 11) is 0. The zero-order valence-electron chi connectivity index (χ0n) is 10.3. The fourth-order valence-corrected chi connectivity index (χ4v) is 3.57. The van der Waals surface area contributed by atoms with E-state index in [4.69, 9.17) is 11.1 Å². The number of hydrogen-bond acceptors (Lipinski definition) is 3. The largest absolute Gasteiger partial charge is 0.507 e. The van der Waals surface area contributed by atoms with Gasteiger partial charge in [0.25, 0.3) is 0 Å². The predicted molar refractivity (Wildman–Crippen MR) is 78.8 cm³/mol. The van der Waals surface area contributed by atoms with Crippen molar-refractivity contribution in [1.29, 1.82) is 5.41 Å². The molecule has 0 aromatic heterocycles. The number of aromatic hydroxyl groups is 1. The van der Waals surface area contributed by atoms with Crippen molar-refractivity contribution < 1.29 is 5.11 Å². The second-order valence-corrected chi connectivity index (χ2v) is 5.81. The van der Waals surface area contributed by atoms with Gasteiger partial charge in [-0.15, -0.1) is 11.8 Å². The monoisotopic (exact) mass is 270 g/mol. The summed E-state index contributed by atoms with van der Waals surface area (Å²) in [4.78, 5) is 1.15. The Morgan fingerprint density at radius 1 is 1.16 bits per heavy atom. The fourth-order valence-electron chi connectivity index (χ4n) is 2.39. The van der Waals surface area contributed by atoms with Crippen LogP contribution in [0.1, 0.15) is 5.56 Å². The molecule has 0 spiro atoms. The second-order valence-electron chi connectivity index (χ2n) is 4.57. The van der Waals surface area contributed by atoms with Gasteiger partial charge in [-0.05, 0) is 29.7 Å². The normalized spacial score (nSPS) is 17.2. The molecule has 0 aliphatic carbocycles. The summed E-state index contributed by atoms with van der Waals surface area (Å²) >= 11 is 1.63. The number of amidine groups is 1. The van der Waals surface area contributed by atoms with Crippen LogP contribution < -0.4 is 5.73 Å². The topological polar surface area (TPSA) is 70.1 Å². The molecule has 0 bridgehead atoms. The number of thioether (sulfide) groups is 1. The summed E-state index contributed by atoms with van der Waals surface area (Å²) in [6.07, 6.45) is 0.750. The van der Waals surface area contributed by atoms with Crippen molar-refractivity contribution >= 4 is 17.6 Å². The SMILES string of the molecule is N=C(N)C1Cc2c(cccc2-c2ccccc2O)S1. The van der Waals surface area contributed by atoms with E-state index in [0.29, 0.717) is 0 Å². The second kappa shape index (κ2) is 4.63. The van der Waals surface area contributed by atoms with Gasteiger partial charge in [-0.1, -0.05) is 30.3 Å². The van der Waals surface area contributed by atoms with Gasteiger partial charge in [0.15, 0.2) is 0 Å². The molecule has 2 aromatic rings. The van der Waals surface area contributed by atoms with Crippen molar-refractivity contribution in [2.45, 2.75) is 16.6 Å². The van der Waals surface area contributed by atoms with Gasteiger partial charge in [-0.2, -0.15) is 0 Å². The minimum atomic E-state index is 0.0157. The molecule has 0 amide bonds. The van der Waals surface area contributed by atoms with Gasteiger partial charge in [0, 0.05) is 10.5 Å². The number of nitrogens with two attached hydrogens (primary N) is 1. The first kappa shape index (κ1) is 12.1. The number of para-hydroxylation sites is 1. The molecular formula is C15H14N2OS. The number of phenolic OH excluding ortho intramolecular Hbond substituents is 1. The zero-order valence-corrected chi connectivity index (χ0v) is 11.1. The Balaban J connectivity index is 2.10. The third kappa shape index (κ3) is 2.08. The molecule has 0 saturated heterocycles. The Morgan fingerprint density at radius 3 is 2.63 bits per heavy atom. The number of hydrogen-bond donors (Lipinski definition) is 3. The highest BCUT2D eigenvalue weighted by atomic mass is 32.2. The van der Waals surface area contributed by atoms with Crippen LogP contribution in [0.25, 0.3) is 11.1 Å². The highest BCUT2D eigenvalue weighted by Gasteiger charge is 2.27. The van der Waals surface area contributed by atoms with Gasteiger partial charge < -0.3 is 10.8 Å². The van der Waals surface area contributed by atoms with Crippen molar-refractivity contribution in [2.75, 3.05) is 0 Å². The summed E-state index contributed by atoms with van der Waals surface area (Å²) in [6.45, 7) is 0. The Hall–Kier alpha value is -1.94. The number of phenols is 1. The third-order valence-corrected chi connectivity index (χ3v) is 4.67. The van der Waals surface area contributed by atoms with E-state index < -0.39 is 0 Å². The number of benzene rings is 2. The Kier molecular flexibility index (Phi) is 2.95. The van der Waals surface area contributed by atoms with Crippen LogP contribution in [-0.4, -0.2) is 16.2 Å². The highest BCUT2D eigenvalue weighted by molar-refractivity contribution is 8.01. The summed E-state index contributed by atoms with van der Waals surface area (Å²) in [5, 5.41) is 17.6. The highest BCUT2D eigenvalue weighted by Crippen LogP contribution is 2.43. The predicted octanol–water partition coefficient (Wildman–Crippen LogP) is 3.01. The van der Waals surface area contributed by atoms with E-state index >= 15 is 0 Å². The zero-order chi connectivity index (χ0) is 13.4. The number of fused-ring (bicyclic) bond motifs is 1. The lowest BCUT2D eigenvalue weighted by molar-refractivity contribution is 0.477. The van der Waals surface area contributed by atoms with Crippen molar-refractivity contribution in [3.05, 3.63) is 48.0 Å². The summed E-state index contributed by atoms with van der Waals surface area (Å²) in [6, 6.07) is 13.4. The molecule has 19 heavy (non-hydrogen) atoms. The molecule has 1 aliphatic heterocycles. The van der Waals surface area contributed by atoms with E-state index in [1.807, 2.05) is 36.4 Å². The summed E-state index contributed by atoms with van der Waals surface area (Å²) < 4.78 is 0. The van der Waals surface area contributed by atoms with Gasteiger partial charge in [-0.3, -0.25) is 5.41 Å². The van der Waals surface area contributed by atoms with Gasteiger partial charge in [0.05, 0.1) is 5.25 Å². The molecule has 1 aliphatic rings. The summed E-state index contributed by atoms with van der Waals surface area (Å²) in [5.41, 5.74) is 8.66. The van der Waals surface area contributed by atoms with Crippen LogP contribution in [0.15, 0.2) is 47.4 Å². The van der Waals surface area contributed by atoms with E-state index in [0.717, 1.165) is 22.4 Å². The average Bonchev–Trinajstić information content (AvgIpc) is 2.83. The number of rotatable bonds is 2. The first-order valence-electron chi connectivity index (χ1n) is 6.07. The number of nitrogens with one attached hydrogen (secondary N) is 1. The lowest BCUT2D eigenvalue weighted by Crippen LogP contribution is -2.24. The molecule has 96 valence electrons. The van der Waals surface area contributed by atoms with Crippen molar-refractivity contribution in [3.8, 4) is 16.9 Å². The van der Waals surface area contributed by atoms with Crippen LogP contribution in [0.5, 0.6) is 5.75 Å². The van der Waals surface area contributed by atoms with Crippen LogP contribution >= 0.6 is 11.8 Å². The molecule has 2 aromatic carbocycles. The maximum Gasteiger partial charge on any atom is 0.123 e. The smallest absolute Gasteiger partial charge is 0.123 e. The Bertz CT molecular complexity index is 654. The molecular weight excluding hydrogens is 256 g/mol. The molecule has 3 nitrogen and oxygen atoms in total. The molecule has 0 fully saturated rings. The van der Waals surface area contributed by atoms with Gasteiger partial charge >= 0.3 is 0 Å². The van der Waals surface area contributed by atoms with Gasteiger partial charge in [0.2, 0.25) is 0 Å². The first-order valence-corrected chi connectivity index (χ1v) is 6.95. The standard InChI is InChI=1S/C15H14N2OS/c16-15(17)14-8-11-9(5-3-7-13(11)19-14)10-4-1-2-6-12(10)18/h1-7,14,18H,8H2,(H3,16,17). The quantitative estimate of drug-likeness (QED) is 0.580. The van der Waals surface area contributed by atoms with E-state index in [-0.39, 0.29) is 16.8 Å². The first-order chi connectivity index (χ1) is 9.16. The molecule has 0 saturated carbocycles. The molecule has 1 unspecified atom stereocenters. The van der Waals surface area contributed by atoms with Crippen LogP contribution in [0.2, 0.25) is 0 Å². The van der Waals surface area contributed by atoms with Crippen LogP contribution in [-0.2, 0) is 6.42 Å². The Labute approximate surface area is 116 Å². The average molecular weight is 270 g/mol. The lowest BCUT2D eigenvalue weighted by atomic mass is 9.96. The molecule has 4 heteroatoms. The van der Waals surface area contributed by atoms with E-state index in [9.17, 15) is 5.11 Å². The summed E-state index contributed by atoms with van der Waals surface area (Å²) in [5.74, 6) is 0.497. The fraction of sp³-hybridized carbons (Fsp3) is 0.133. The Morgan fingerprint density at radius 2 is 1.89 bits per heavy atom. The molecule has 1 atom stereocenters. The lowest BCUT2D eigenvalue weighted by Gasteiger charge is -2.09. The molecule has 1 heterocycles. The van der Waals surface area contributed by atoms with Gasteiger partial charge in [0.1, 0.15) is 11.6 Å². The van der Waals surface area contributed by atoms with Crippen molar-refractivity contribution in [3.63, 3.8) is 0 Å². The van der Waals surface area contributed by atoms with Crippen molar-refractivity contribution in [1.82, 2.24) is 0 Å². The molecule has 3 rings (SSSR count). The van der Waals surface area contributed by atoms with E-state index in [1.165, 1.54) is 5.56 Å². The van der Waals surface area contributed by atoms with Crippen LogP contribution in [0.3, 0.4) is 0 Å². The maximum atomic E-state index is 10.00. The van der Waals surface area contributed by atoms with Crippen LogP contribution in [0.4, 0.5) is 0 Å². The molecule has 0 radical (unpaired) electrons. The molecule has 4 N–H and O–H groups in total. The van der Waals surface area contributed by atoms with Gasteiger partial charge in [-0.25, -0.2) is 0 Å². The minimum absolute atomic E-state index is 0.0157. The van der Waals surface area contributed by atoms with E-state index in [1.54, 1.807) is 17.8 Å². The van der Waals surface area contributed by atoms with Crippen LogP contribution in [0, 0.1) is 5.41 Å². The van der Waals surface area contributed by atoms with E-state index in [2.05, 4.69) is 0 Å². The third-order valence-electron chi connectivity index (χ3n) is 3.33. The van der Waals surface area contributed by atoms with Crippen molar-refractivity contribution in [2.24, 2.45) is 5.73 Å². The minimum Gasteiger partial charge on any atom is -0.507 e. The maximum absolute atomic E-state index is 10.00.